The molecule has 0 aromatic heterocycles. The van der Waals surface area contributed by atoms with E-state index in [9.17, 15) is 10.1 Å². The fraction of sp³-hybridized carbons (Fsp3) is 0.400. The molecule has 0 unspecified atom stereocenters. The van der Waals surface area contributed by atoms with E-state index in [1.54, 1.807) is 4.90 Å². The van der Waals surface area contributed by atoms with Crippen LogP contribution in [0.2, 0.25) is 10.0 Å². The van der Waals surface area contributed by atoms with Gasteiger partial charge in [-0.1, -0.05) is 23.2 Å². The number of hydrogen-bond donors (Lipinski definition) is 1. The zero-order chi connectivity index (χ0) is 13.0. The zero-order valence-electron chi connectivity index (χ0n) is 9.32. The molecule has 7 heteroatoms. The lowest BCUT2D eigenvalue weighted by Crippen LogP contribution is -2.29. The van der Waals surface area contributed by atoms with E-state index in [0.29, 0.717) is 30.3 Å². The number of rotatable bonds is 5. The largest absolute Gasteiger partial charge is 0.365 e. The molecule has 0 heterocycles. The molecular formula is C10H13Cl2N3O2. The third-order valence-electron chi connectivity index (χ3n) is 2.34. The minimum Gasteiger partial charge on any atom is -0.365 e. The van der Waals surface area contributed by atoms with Crippen molar-refractivity contribution in [3.8, 4) is 0 Å². The maximum absolute atomic E-state index is 11.0. The molecule has 1 aromatic rings. The van der Waals surface area contributed by atoms with E-state index >= 15 is 0 Å². The molecule has 2 N–H and O–H groups in total. The van der Waals surface area contributed by atoms with E-state index in [1.165, 1.54) is 12.1 Å². The molecule has 0 spiro atoms. The maximum Gasteiger partial charge on any atom is 0.294 e. The maximum atomic E-state index is 11.0. The van der Waals surface area contributed by atoms with Gasteiger partial charge in [-0.05, 0) is 13.0 Å². The second kappa shape index (κ2) is 6.05. The Kier molecular flexibility index (Phi) is 4.99. The summed E-state index contributed by atoms with van der Waals surface area (Å²) in [6, 6.07) is 2.76. The van der Waals surface area contributed by atoms with E-state index < -0.39 is 4.92 Å². The van der Waals surface area contributed by atoms with Crippen molar-refractivity contribution < 1.29 is 4.92 Å². The molecular weight excluding hydrogens is 265 g/mol. The molecule has 0 amide bonds. The Morgan fingerprint density at radius 1 is 1.41 bits per heavy atom. The van der Waals surface area contributed by atoms with E-state index in [2.05, 4.69) is 0 Å². The number of likely N-dealkylation sites (N-methyl/N-ethyl adjacent to an activating group) is 1. The average molecular weight is 278 g/mol. The van der Waals surface area contributed by atoms with Crippen molar-refractivity contribution in [1.82, 2.24) is 0 Å². The Labute approximate surface area is 109 Å². The SMILES string of the molecule is CCN(CCN)c1cc(Cl)c(Cl)cc1[N+](=O)[O-]. The molecule has 0 saturated heterocycles. The third kappa shape index (κ3) is 3.21. The van der Waals surface area contributed by atoms with Crippen LogP contribution in [0.4, 0.5) is 11.4 Å². The van der Waals surface area contributed by atoms with Crippen LogP contribution < -0.4 is 10.6 Å². The van der Waals surface area contributed by atoms with Gasteiger partial charge in [-0.15, -0.1) is 0 Å². The Hall–Kier alpha value is -1.04. The summed E-state index contributed by atoms with van der Waals surface area (Å²) in [4.78, 5) is 12.3. The minimum atomic E-state index is -0.475. The lowest BCUT2D eigenvalue weighted by Gasteiger charge is -2.22. The number of hydrogen-bond acceptors (Lipinski definition) is 4. The quantitative estimate of drug-likeness (QED) is 0.664. The van der Waals surface area contributed by atoms with E-state index in [1.807, 2.05) is 6.92 Å². The second-order valence-electron chi connectivity index (χ2n) is 3.38. The van der Waals surface area contributed by atoms with Crippen molar-refractivity contribution in [2.45, 2.75) is 6.92 Å². The summed E-state index contributed by atoms with van der Waals surface area (Å²) >= 11 is 11.7. The van der Waals surface area contributed by atoms with E-state index in [4.69, 9.17) is 28.9 Å². The number of nitrogens with zero attached hydrogens (tertiary/aromatic N) is 2. The molecule has 1 aromatic carbocycles. The van der Waals surface area contributed by atoms with Crippen molar-refractivity contribution in [3.63, 3.8) is 0 Å². The van der Waals surface area contributed by atoms with Crippen LogP contribution in [-0.4, -0.2) is 24.6 Å². The number of halogens is 2. The second-order valence-corrected chi connectivity index (χ2v) is 4.19. The summed E-state index contributed by atoms with van der Waals surface area (Å²) in [6.45, 7) is 3.43. The van der Waals surface area contributed by atoms with Gasteiger partial charge in [0.2, 0.25) is 0 Å². The van der Waals surface area contributed by atoms with Gasteiger partial charge in [0.05, 0.1) is 15.0 Å². The number of nitrogens with two attached hydrogens (primary N) is 1. The topological polar surface area (TPSA) is 72.4 Å². The van der Waals surface area contributed by atoms with Crippen LogP contribution in [0.3, 0.4) is 0 Å². The summed E-state index contributed by atoms with van der Waals surface area (Å²) in [5, 5.41) is 11.4. The Morgan fingerprint density at radius 2 is 2.00 bits per heavy atom. The summed E-state index contributed by atoms with van der Waals surface area (Å²) in [6.07, 6.45) is 0. The lowest BCUT2D eigenvalue weighted by molar-refractivity contribution is -0.384. The summed E-state index contributed by atoms with van der Waals surface area (Å²) in [5.74, 6) is 0. The van der Waals surface area contributed by atoms with Crippen LogP contribution in [0.25, 0.3) is 0 Å². The van der Waals surface area contributed by atoms with Gasteiger partial charge in [0.1, 0.15) is 5.69 Å². The standard InChI is InChI=1S/C10H13Cl2N3O2/c1-2-14(4-3-13)9-5-7(11)8(12)6-10(9)15(16)17/h5-6H,2-4,13H2,1H3. The smallest absolute Gasteiger partial charge is 0.294 e. The molecule has 0 aliphatic heterocycles. The van der Waals surface area contributed by atoms with Crippen LogP contribution in [0.15, 0.2) is 12.1 Å². The highest BCUT2D eigenvalue weighted by Crippen LogP contribution is 2.36. The van der Waals surface area contributed by atoms with E-state index in [-0.39, 0.29) is 10.7 Å². The fourth-order valence-electron chi connectivity index (χ4n) is 1.53. The highest BCUT2D eigenvalue weighted by molar-refractivity contribution is 6.42. The molecule has 0 bridgehead atoms. The molecule has 0 radical (unpaired) electrons. The molecule has 0 aliphatic carbocycles. The summed E-state index contributed by atoms with van der Waals surface area (Å²) in [5.41, 5.74) is 5.85. The zero-order valence-corrected chi connectivity index (χ0v) is 10.8. The average Bonchev–Trinajstić information content (AvgIpc) is 2.29. The minimum absolute atomic E-state index is 0.0605. The van der Waals surface area contributed by atoms with Gasteiger partial charge in [0.15, 0.2) is 0 Å². The van der Waals surface area contributed by atoms with Gasteiger partial charge < -0.3 is 10.6 Å². The Morgan fingerprint density at radius 3 is 2.47 bits per heavy atom. The van der Waals surface area contributed by atoms with E-state index in [0.717, 1.165) is 0 Å². The molecule has 0 fully saturated rings. The van der Waals surface area contributed by atoms with Crippen LogP contribution in [0, 0.1) is 10.1 Å². The molecule has 17 heavy (non-hydrogen) atoms. The van der Waals surface area contributed by atoms with Crippen molar-refractivity contribution >= 4 is 34.6 Å². The van der Waals surface area contributed by atoms with Gasteiger partial charge in [0.25, 0.3) is 5.69 Å². The fourth-order valence-corrected chi connectivity index (χ4v) is 1.85. The van der Waals surface area contributed by atoms with Gasteiger partial charge in [-0.3, -0.25) is 10.1 Å². The third-order valence-corrected chi connectivity index (χ3v) is 3.06. The molecule has 1 rings (SSSR count). The molecule has 0 saturated carbocycles. The van der Waals surface area contributed by atoms with Crippen molar-refractivity contribution in [2.24, 2.45) is 5.73 Å². The monoisotopic (exact) mass is 277 g/mol. The summed E-state index contributed by atoms with van der Waals surface area (Å²) < 4.78 is 0. The molecule has 0 aliphatic rings. The van der Waals surface area contributed by atoms with Crippen LogP contribution in [-0.2, 0) is 0 Å². The molecule has 0 atom stereocenters. The first-order valence-corrected chi connectivity index (χ1v) is 5.85. The first-order chi connectivity index (χ1) is 8.01. The highest BCUT2D eigenvalue weighted by Gasteiger charge is 2.20. The van der Waals surface area contributed by atoms with Crippen LogP contribution in [0.1, 0.15) is 6.92 Å². The first-order valence-electron chi connectivity index (χ1n) is 5.09. The number of anilines is 1. The number of nitro groups is 1. The predicted molar refractivity (Wildman–Crippen MR) is 70.1 cm³/mol. The number of nitro benzene ring substituents is 1. The normalized spacial score (nSPS) is 10.4. The van der Waals surface area contributed by atoms with Crippen LogP contribution >= 0.6 is 23.2 Å². The molecule has 5 nitrogen and oxygen atoms in total. The first kappa shape index (κ1) is 14.0. The van der Waals surface area contributed by atoms with Gasteiger partial charge in [-0.2, -0.15) is 0 Å². The van der Waals surface area contributed by atoms with Gasteiger partial charge in [-0.25, -0.2) is 0 Å². The van der Waals surface area contributed by atoms with Gasteiger partial charge >= 0.3 is 0 Å². The lowest BCUT2D eigenvalue weighted by atomic mass is 10.2. The Bertz CT molecular complexity index is 426. The highest BCUT2D eigenvalue weighted by atomic mass is 35.5. The predicted octanol–water partition coefficient (Wildman–Crippen LogP) is 2.69. The van der Waals surface area contributed by atoms with Crippen molar-refractivity contribution in [3.05, 3.63) is 32.3 Å². The molecule has 94 valence electrons. The van der Waals surface area contributed by atoms with Gasteiger partial charge in [0, 0.05) is 25.7 Å². The Balaban J connectivity index is 3.28. The van der Waals surface area contributed by atoms with Crippen molar-refractivity contribution in [1.29, 1.82) is 0 Å². The summed E-state index contributed by atoms with van der Waals surface area (Å²) in [7, 11) is 0. The number of benzene rings is 1. The van der Waals surface area contributed by atoms with Crippen LogP contribution in [0.5, 0.6) is 0 Å². The van der Waals surface area contributed by atoms with Crippen molar-refractivity contribution in [2.75, 3.05) is 24.5 Å².